The second-order valence-electron chi connectivity index (χ2n) is 1.08. The first-order valence-electron chi connectivity index (χ1n) is 3.67. The predicted molar refractivity (Wildman–Crippen MR) is 71.1 cm³/mol. The van der Waals surface area contributed by atoms with Crippen LogP contribution in [-0.2, 0) is 10.3 Å². The van der Waals surface area contributed by atoms with Crippen LogP contribution in [0.25, 0.3) is 0 Å². The molecule has 0 amide bonds. The molecule has 0 bridgehead atoms. The van der Waals surface area contributed by atoms with Gasteiger partial charge in [0.25, 0.3) is 0 Å². The zero-order chi connectivity index (χ0) is 11.7. The molecule has 0 fully saturated rings. The van der Waals surface area contributed by atoms with Gasteiger partial charge in [0.2, 0.25) is 0 Å². The van der Waals surface area contributed by atoms with E-state index in [-0.39, 0.29) is 35.3 Å². The summed E-state index contributed by atoms with van der Waals surface area (Å²) < 4.78 is 0. The topological polar surface area (TPSA) is 181 Å². The minimum Gasteiger partial charge on any atom is -0.481 e. The molecule has 0 saturated carbocycles. The maximum absolute atomic E-state index is 9.37. The molecule has 0 atom stereocenters. The summed E-state index contributed by atoms with van der Waals surface area (Å²) in [5.41, 5.74) is 0. The number of nitrogens with zero attached hydrogens (tertiary/aromatic N) is 2. The average Bonchev–Trinajstić information content (AvgIpc) is 2.24. The Bertz CT molecular complexity index is 169. The van der Waals surface area contributed by atoms with E-state index < -0.39 is 5.97 Å². The van der Waals surface area contributed by atoms with Crippen LogP contribution >= 0.6 is 12.4 Å². The molecule has 0 rings (SSSR count). The van der Waals surface area contributed by atoms with Crippen LogP contribution in [0, 0.1) is 23.2 Å². The van der Waals surface area contributed by atoms with Gasteiger partial charge in [-0.05, 0) is 0 Å². The minimum absolute atomic E-state index is 0. The lowest BCUT2D eigenvalue weighted by atomic mass is 10.5. The summed E-state index contributed by atoms with van der Waals surface area (Å²) in [5, 5.41) is 21.7. The van der Waals surface area contributed by atoms with Gasteiger partial charge in [-0.3, -0.25) is 4.79 Å². The normalized spacial score (nSPS) is 3.53. The second-order valence-corrected chi connectivity index (χ2v) is 1.08. The van der Waals surface area contributed by atoms with E-state index in [0.717, 1.165) is 0 Å². The third-order valence-electron chi connectivity index (χ3n) is 0.394. The van der Waals surface area contributed by atoms with Crippen molar-refractivity contribution in [3.63, 3.8) is 0 Å². The lowest BCUT2D eigenvalue weighted by molar-refractivity contribution is -0.136. The van der Waals surface area contributed by atoms with Crippen LogP contribution < -0.4 is 0 Å². The summed E-state index contributed by atoms with van der Waals surface area (Å²) in [4.78, 5) is 9.37. The van der Waals surface area contributed by atoms with Gasteiger partial charge in [-0.1, -0.05) is 27.4 Å². The molecule has 17 heavy (non-hydrogen) atoms. The highest BCUT2D eigenvalue weighted by atomic mass is 35.5. The van der Waals surface area contributed by atoms with Gasteiger partial charge >= 0.3 is 5.97 Å². The lowest BCUT2D eigenvalue weighted by Gasteiger charge is -1.71. The first kappa shape index (κ1) is 58.5. The van der Waals surface area contributed by atoms with Gasteiger partial charge in [0.15, 0.2) is 0 Å². The molecular weight excluding hydrogens is 252 g/mol. The fourth-order valence-electron chi connectivity index (χ4n) is 0. The van der Waals surface area contributed by atoms with Crippen LogP contribution in [-0.4, -0.2) is 22.0 Å². The number of aliphatic carboxylic acids is 1. The molecule has 8 heteroatoms. The highest BCUT2D eigenvalue weighted by molar-refractivity contribution is 5.85. The molecule has 0 unspecified atom stereocenters. The number of carbonyl (C=O) groups is 1. The van der Waals surface area contributed by atoms with E-state index in [4.69, 9.17) is 15.6 Å². The summed E-state index contributed by atoms with van der Waals surface area (Å²) in [6.45, 7) is 12.2. The van der Waals surface area contributed by atoms with E-state index in [1.807, 2.05) is 13.8 Å². The van der Waals surface area contributed by atoms with E-state index in [2.05, 4.69) is 13.2 Å². The number of nitriles is 2. The number of carboxylic acid groups (broad SMARTS) is 1. The number of halogens is 1. The quantitative estimate of drug-likeness (QED) is 0.530. The van der Waals surface area contributed by atoms with Crippen molar-refractivity contribution in [1.82, 2.24) is 0 Å². The average molecular weight is 276 g/mol. The van der Waals surface area contributed by atoms with Crippen LogP contribution in [0.5, 0.6) is 0 Å². The smallest absolute Gasteiger partial charge is 0.303 e. The Labute approximate surface area is 108 Å². The van der Waals surface area contributed by atoms with E-state index in [1.165, 1.54) is 6.08 Å². The summed E-state index contributed by atoms with van der Waals surface area (Å²) in [7, 11) is 0. The molecule has 0 aliphatic rings. The standard InChI is InChI=1S/C3H3N.C3H6O2.C2H6.CHN.ClH.3H2O/c1-2-3-4;1-2-3(4)5;2*1-2;;;;/h2H,1H2;2H2,1H3,(H,4,5);1-2H3;1H;1H;3*1H2/p+1. The third kappa shape index (κ3) is 1190. The zero-order valence-corrected chi connectivity index (χ0v) is 11.1. The van der Waals surface area contributed by atoms with Gasteiger partial charge in [-0.2, -0.15) is 5.26 Å². The Kier molecular flexibility index (Phi) is 464. The van der Waals surface area contributed by atoms with Crippen molar-refractivity contribution in [3.8, 4) is 12.6 Å². The molecule has 106 valence electrons. The second kappa shape index (κ2) is 135. The lowest BCUT2D eigenvalue weighted by Crippen LogP contribution is -1.86. The molecule has 0 aromatic heterocycles. The van der Waals surface area contributed by atoms with Crippen LogP contribution in [0.2, 0.25) is 0 Å². The maximum Gasteiger partial charge on any atom is 0.303 e. The molecule has 7 nitrogen and oxygen atoms in total. The summed E-state index contributed by atoms with van der Waals surface area (Å²) >= 11 is 0. The zero-order valence-electron chi connectivity index (χ0n) is 10.3. The molecule has 8 N–H and O–H groups in total. The number of hydrogen-bond acceptors (Lipinski definition) is 3. The SMILES string of the molecule is C#N.C=CC#N.CC.CCC(=O)O.Cl.O.O.[OH3+]. The Morgan fingerprint density at radius 3 is 1.53 bits per heavy atom. The molecule has 0 aromatic rings. The Morgan fingerprint density at radius 1 is 1.41 bits per heavy atom. The van der Waals surface area contributed by atoms with E-state index >= 15 is 0 Å². The largest absolute Gasteiger partial charge is 0.481 e. The summed E-state index contributed by atoms with van der Waals surface area (Å²) in [6, 6.07) is 1.69. The van der Waals surface area contributed by atoms with Crippen molar-refractivity contribution in [2.75, 3.05) is 0 Å². The maximum atomic E-state index is 9.37. The van der Waals surface area contributed by atoms with Gasteiger partial charge < -0.3 is 21.5 Å². The van der Waals surface area contributed by atoms with Crippen LogP contribution in [0.3, 0.4) is 0 Å². The van der Waals surface area contributed by atoms with Crippen molar-refractivity contribution in [2.45, 2.75) is 27.2 Å². The number of rotatable bonds is 1. The first-order chi connectivity index (χ1) is 6.18. The summed E-state index contributed by atoms with van der Waals surface area (Å²) in [6.07, 6.45) is 1.40. The highest BCUT2D eigenvalue weighted by Crippen LogP contribution is 1.67. The predicted octanol–water partition coefficient (Wildman–Crippen LogP) is 0.193. The van der Waals surface area contributed by atoms with Gasteiger partial charge in [-0.15, -0.1) is 12.4 Å². The minimum atomic E-state index is -0.745. The third-order valence-corrected chi connectivity index (χ3v) is 0.394. The molecule has 0 saturated heterocycles. The Morgan fingerprint density at radius 2 is 1.53 bits per heavy atom. The number of hydrogen-bond donors (Lipinski definition) is 1. The van der Waals surface area contributed by atoms with Crippen molar-refractivity contribution in [1.29, 1.82) is 10.5 Å². The fourth-order valence-corrected chi connectivity index (χ4v) is 0. The van der Waals surface area contributed by atoms with E-state index in [1.54, 1.807) is 13.0 Å². The van der Waals surface area contributed by atoms with Crippen LogP contribution in [0.15, 0.2) is 12.7 Å². The van der Waals surface area contributed by atoms with Gasteiger partial charge in [0.05, 0.1) is 6.07 Å². The van der Waals surface area contributed by atoms with E-state index in [0.29, 0.717) is 0 Å². The fraction of sp³-hybridized carbons (Fsp3) is 0.444. The van der Waals surface area contributed by atoms with Crippen molar-refractivity contribution in [2.24, 2.45) is 0 Å². The number of carboxylic acids is 1. The van der Waals surface area contributed by atoms with Crippen LogP contribution in [0.1, 0.15) is 27.2 Å². The summed E-state index contributed by atoms with van der Waals surface area (Å²) in [5.74, 6) is -0.745. The van der Waals surface area contributed by atoms with Gasteiger partial charge in [0, 0.05) is 19.1 Å². The molecule has 0 radical (unpaired) electrons. The first-order valence-corrected chi connectivity index (χ1v) is 3.67. The Hall–Kier alpha value is -1.64. The molecule has 0 heterocycles. The molecule has 0 aliphatic carbocycles. The van der Waals surface area contributed by atoms with Crippen molar-refractivity contribution in [3.05, 3.63) is 12.7 Å². The van der Waals surface area contributed by atoms with Gasteiger partial charge in [0.1, 0.15) is 0 Å². The van der Waals surface area contributed by atoms with Crippen LogP contribution in [0.4, 0.5) is 0 Å². The molecule has 0 aromatic carbocycles. The Balaban J connectivity index is -0.0000000105. The molecular formula is C9H24ClN2O5+. The van der Waals surface area contributed by atoms with Crippen molar-refractivity contribution >= 4 is 18.4 Å². The van der Waals surface area contributed by atoms with E-state index in [9.17, 15) is 4.79 Å². The highest BCUT2D eigenvalue weighted by Gasteiger charge is 1.80. The van der Waals surface area contributed by atoms with Gasteiger partial charge in [-0.25, -0.2) is 5.26 Å². The molecule has 0 spiro atoms. The molecule has 0 aliphatic heterocycles. The monoisotopic (exact) mass is 275 g/mol. The number of allylic oxidation sites excluding steroid dienone is 1. The van der Waals surface area contributed by atoms with Crippen molar-refractivity contribution < 1.29 is 26.3 Å².